The maximum Gasteiger partial charge on any atom is 0.150 e. The molecule has 1 saturated heterocycles. The Hall–Kier alpha value is -0.410. The maximum absolute atomic E-state index is 13.5. The molecule has 170 valence electrons. The summed E-state index contributed by atoms with van der Waals surface area (Å²) in [6.07, 6.45) is 14.8. The Bertz CT molecular complexity index is 659. The second-order valence-corrected chi connectivity index (χ2v) is 12.6. The molecule has 5 aliphatic rings. The fourth-order valence-electron chi connectivity index (χ4n) is 9.31. The molecule has 1 heterocycles. The van der Waals surface area contributed by atoms with Gasteiger partial charge in [-0.3, -0.25) is 9.69 Å². The van der Waals surface area contributed by atoms with Gasteiger partial charge in [0.05, 0.1) is 12.1 Å². The van der Waals surface area contributed by atoms with Crippen LogP contribution in [0.15, 0.2) is 0 Å². The third-order valence-electron chi connectivity index (χ3n) is 10.9. The van der Waals surface area contributed by atoms with E-state index in [1.165, 1.54) is 57.8 Å². The van der Waals surface area contributed by atoms with Crippen molar-refractivity contribution >= 4 is 5.78 Å². The van der Waals surface area contributed by atoms with Crippen molar-refractivity contribution in [2.45, 2.75) is 109 Å². The monoisotopic (exact) mass is 415 g/mol. The van der Waals surface area contributed by atoms with Crippen LogP contribution >= 0.6 is 0 Å². The van der Waals surface area contributed by atoms with Gasteiger partial charge >= 0.3 is 0 Å². The topological polar surface area (TPSA) is 40.5 Å². The third kappa shape index (κ3) is 3.60. The standard InChI is InChI=1S/C27H45NO2/c1-18-6-4-5-15-28(18)17-25(29)24-10-9-23-22-8-7-19-16-26(2,30)13-11-20(19)21(22)12-14-27(23,24)3/h18-24,30H,4-17H2,1-3H3/t18-,19+,20+,21-,22-,23+,24-,26-,27+/m1/s1. The van der Waals surface area contributed by atoms with Crippen LogP contribution in [0.25, 0.3) is 0 Å². The highest BCUT2D eigenvalue weighted by Crippen LogP contribution is 2.64. The highest BCUT2D eigenvalue weighted by Gasteiger charge is 2.58. The van der Waals surface area contributed by atoms with E-state index in [-0.39, 0.29) is 5.41 Å². The van der Waals surface area contributed by atoms with Gasteiger partial charge in [0.15, 0.2) is 0 Å². The van der Waals surface area contributed by atoms with Crippen LogP contribution in [0.2, 0.25) is 0 Å². The number of rotatable bonds is 3. The zero-order valence-corrected chi connectivity index (χ0v) is 19.7. The molecule has 5 fully saturated rings. The molecule has 0 spiro atoms. The lowest BCUT2D eigenvalue weighted by Crippen LogP contribution is -2.51. The zero-order valence-electron chi connectivity index (χ0n) is 19.7. The summed E-state index contributed by atoms with van der Waals surface area (Å²) in [5.41, 5.74) is -0.169. The molecule has 30 heavy (non-hydrogen) atoms. The van der Waals surface area contributed by atoms with E-state index in [1.54, 1.807) is 0 Å². The normalized spacial score (nSPS) is 51.7. The van der Waals surface area contributed by atoms with Crippen molar-refractivity contribution in [3.63, 3.8) is 0 Å². The summed E-state index contributed by atoms with van der Waals surface area (Å²) in [6.45, 7) is 8.71. The predicted octanol–water partition coefficient (Wildman–Crippen LogP) is 5.45. The number of fused-ring (bicyclic) bond motifs is 5. The predicted molar refractivity (Wildman–Crippen MR) is 121 cm³/mol. The second kappa shape index (κ2) is 7.87. The van der Waals surface area contributed by atoms with Gasteiger partial charge in [0.1, 0.15) is 5.78 Å². The average Bonchev–Trinajstić information content (AvgIpc) is 3.06. The van der Waals surface area contributed by atoms with E-state index in [4.69, 9.17) is 0 Å². The average molecular weight is 416 g/mol. The van der Waals surface area contributed by atoms with Crippen LogP contribution in [0.5, 0.6) is 0 Å². The second-order valence-electron chi connectivity index (χ2n) is 12.6. The van der Waals surface area contributed by atoms with E-state index in [2.05, 4.69) is 25.7 Å². The Kier molecular flexibility index (Phi) is 5.62. The minimum atomic E-state index is -0.423. The van der Waals surface area contributed by atoms with Gasteiger partial charge in [0.25, 0.3) is 0 Å². The molecule has 0 radical (unpaired) electrons. The fourth-order valence-corrected chi connectivity index (χ4v) is 9.31. The first-order valence-corrected chi connectivity index (χ1v) is 13.3. The van der Waals surface area contributed by atoms with Crippen molar-refractivity contribution in [2.24, 2.45) is 40.9 Å². The summed E-state index contributed by atoms with van der Waals surface area (Å²) >= 11 is 0. The Balaban J connectivity index is 1.28. The lowest BCUT2D eigenvalue weighted by molar-refractivity contribution is -0.134. The van der Waals surface area contributed by atoms with Gasteiger partial charge in [0, 0.05) is 12.0 Å². The first kappa shape index (κ1) is 21.4. The number of piperidine rings is 1. The largest absolute Gasteiger partial charge is 0.390 e. The van der Waals surface area contributed by atoms with Gasteiger partial charge in [-0.2, -0.15) is 0 Å². The van der Waals surface area contributed by atoms with Gasteiger partial charge in [-0.1, -0.05) is 13.3 Å². The summed E-state index contributed by atoms with van der Waals surface area (Å²) in [5, 5.41) is 10.6. The molecule has 0 amide bonds. The lowest BCUT2D eigenvalue weighted by atomic mass is 9.49. The molecular weight excluding hydrogens is 370 g/mol. The Morgan fingerprint density at radius 3 is 2.53 bits per heavy atom. The van der Waals surface area contributed by atoms with Gasteiger partial charge in [-0.25, -0.2) is 0 Å². The van der Waals surface area contributed by atoms with Crippen molar-refractivity contribution in [1.82, 2.24) is 4.90 Å². The molecule has 1 N–H and O–H groups in total. The molecule has 0 bridgehead atoms. The van der Waals surface area contributed by atoms with Gasteiger partial charge in [-0.15, -0.1) is 0 Å². The van der Waals surface area contributed by atoms with Crippen molar-refractivity contribution in [2.75, 3.05) is 13.1 Å². The molecule has 4 aliphatic carbocycles. The number of hydrogen-bond acceptors (Lipinski definition) is 3. The van der Waals surface area contributed by atoms with E-state index >= 15 is 0 Å². The maximum atomic E-state index is 13.5. The highest BCUT2D eigenvalue weighted by molar-refractivity contribution is 5.84. The molecule has 4 saturated carbocycles. The number of Topliss-reactive ketones (excluding diaryl/α,β-unsaturated/α-hetero) is 1. The number of likely N-dealkylation sites (tertiary alicyclic amines) is 1. The van der Waals surface area contributed by atoms with Crippen molar-refractivity contribution in [3.05, 3.63) is 0 Å². The van der Waals surface area contributed by atoms with E-state index in [0.29, 0.717) is 24.3 Å². The molecule has 0 aromatic carbocycles. The third-order valence-corrected chi connectivity index (χ3v) is 10.9. The highest BCUT2D eigenvalue weighted by atomic mass is 16.3. The van der Waals surface area contributed by atoms with Crippen molar-refractivity contribution in [3.8, 4) is 0 Å². The molecule has 3 nitrogen and oxygen atoms in total. The molecule has 0 aromatic rings. The summed E-state index contributed by atoms with van der Waals surface area (Å²) in [7, 11) is 0. The van der Waals surface area contributed by atoms with Crippen LogP contribution in [0.1, 0.15) is 97.8 Å². The van der Waals surface area contributed by atoms with E-state index in [1.807, 2.05) is 0 Å². The minimum absolute atomic E-state index is 0.254. The zero-order chi connectivity index (χ0) is 21.1. The molecule has 3 heteroatoms. The summed E-state index contributed by atoms with van der Waals surface area (Å²) in [6, 6.07) is 0.585. The fraction of sp³-hybridized carbons (Fsp3) is 0.963. The smallest absolute Gasteiger partial charge is 0.150 e. The Labute approximate surface area is 184 Å². The quantitative estimate of drug-likeness (QED) is 0.666. The van der Waals surface area contributed by atoms with Crippen LogP contribution in [-0.4, -0.2) is 40.5 Å². The molecule has 0 unspecified atom stereocenters. The first-order chi connectivity index (χ1) is 14.3. The number of nitrogens with zero attached hydrogens (tertiary/aromatic N) is 1. The number of aliphatic hydroxyl groups is 1. The summed E-state index contributed by atoms with van der Waals surface area (Å²) < 4.78 is 0. The van der Waals surface area contributed by atoms with Crippen LogP contribution < -0.4 is 0 Å². The Morgan fingerprint density at radius 1 is 0.933 bits per heavy atom. The van der Waals surface area contributed by atoms with Crippen LogP contribution in [0.3, 0.4) is 0 Å². The van der Waals surface area contributed by atoms with Crippen LogP contribution in [0.4, 0.5) is 0 Å². The molecule has 5 rings (SSSR count). The SMILES string of the molecule is C[C@@H]1CCCCN1CC(=O)[C@H]1CC[C@H]2[C@@H]3CC[C@H]4C[C@](C)(O)CC[C@@H]4[C@H]3CC[C@]12C. The van der Waals surface area contributed by atoms with E-state index < -0.39 is 5.60 Å². The first-order valence-electron chi connectivity index (χ1n) is 13.3. The lowest BCUT2D eigenvalue weighted by Gasteiger charge is -2.57. The van der Waals surface area contributed by atoms with Crippen molar-refractivity contribution in [1.29, 1.82) is 0 Å². The van der Waals surface area contributed by atoms with Gasteiger partial charge < -0.3 is 5.11 Å². The van der Waals surface area contributed by atoms with Crippen molar-refractivity contribution < 1.29 is 9.90 Å². The number of ketones is 1. The number of hydrogen-bond donors (Lipinski definition) is 1. The molecule has 9 atom stereocenters. The van der Waals surface area contributed by atoms with Crippen LogP contribution in [-0.2, 0) is 4.79 Å². The minimum Gasteiger partial charge on any atom is -0.390 e. The number of carbonyl (C=O) groups excluding carboxylic acids is 1. The summed E-state index contributed by atoms with van der Waals surface area (Å²) in [4.78, 5) is 16.0. The molecule has 0 aromatic heterocycles. The van der Waals surface area contributed by atoms with Gasteiger partial charge in [0.2, 0.25) is 0 Å². The molecular formula is C27H45NO2. The van der Waals surface area contributed by atoms with E-state index in [9.17, 15) is 9.90 Å². The van der Waals surface area contributed by atoms with E-state index in [0.717, 1.165) is 55.4 Å². The number of carbonyl (C=O) groups is 1. The molecule has 1 aliphatic heterocycles. The van der Waals surface area contributed by atoms with Crippen LogP contribution in [0, 0.1) is 40.9 Å². The van der Waals surface area contributed by atoms with Gasteiger partial charge in [-0.05, 0) is 126 Å². The summed E-state index contributed by atoms with van der Waals surface area (Å²) in [5.74, 6) is 4.95. The Morgan fingerprint density at radius 2 is 1.73 bits per heavy atom.